The number of nitrogens with zero attached hydrogens (tertiary/aromatic N) is 3. The monoisotopic (exact) mass is 358 g/mol. The molecule has 2 heterocycles. The van der Waals surface area contributed by atoms with Crippen LogP contribution in [0.4, 0.5) is 5.69 Å². The number of aromatic nitrogens is 1. The number of carbonyl (C=O) groups is 2. The highest BCUT2D eigenvalue weighted by molar-refractivity contribution is 7.77. The number of ether oxygens (including phenoxy) is 1. The quantitative estimate of drug-likeness (QED) is 0.632. The summed E-state index contributed by atoms with van der Waals surface area (Å²) in [6.07, 6.45) is 2.09. The predicted octanol–water partition coefficient (Wildman–Crippen LogP) is 2.04. The Balaban J connectivity index is 1.61. The molecule has 25 heavy (non-hydrogen) atoms. The van der Waals surface area contributed by atoms with E-state index in [0.29, 0.717) is 42.4 Å². The maximum atomic E-state index is 12.5. The van der Waals surface area contributed by atoms with Crippen molar-refractivity contribution in [2.45, 2.75) is 0 Å². The summed E-state index contributed by atoms with van der Waals surface area (Å²) >= 11 is 4.29. The molecule has 130 valence electrons. The highest BCUT2D eigenvalue weighted by Crippen LogP contribution is 2.21. The van der Waals surface area contributed by atoms with Crippen molar-refractivity contribution in [2.24, 2.45) is 0 Å². The summed E-state index contributed by atoms with van der Waals surface area (Å²) in [5, 5.41) is 2.50. The highest BCUT2D eigenvalue weighted by atomic mass is 32.1. The molecule has 0 bridgehead atoms. The number of rotatable bonds is 5. The average Bonchev–Trinajstić information content (AvgIpc) is 2.64. The number of pyridine rings is 1. The van der Waals surface area contributed by atoms with Gasteiger partial charge in [0.1, 0.15) is 5.75 Å². The molecular weight excluding hydrogens is 340 g/mol. The van der Waals surface area contributed by atoms with Crippen molar-refractivity contribution >= 4 is 30.8 Å². The molecule has 0 atom stereocenters. The lowest BCUT2D eigenvalue weighted by Gasteiger charge is -2.31. The van der Waals surface area contributed by atoms with Gasteiger partial charge in [0.05, 0.1) is 11.9 Å². The first-order valence-corrected chi connectivity index (χ1v) is 8.23. The van der Waals surface area contributed by atoms with E-state index in [1.54, 1.807) is 36.4 Å². The lowest BCUT2D eigenvalue weighted by atomic mass is 10.2. The normalized spacial score (nSPS) is 14.8. The lowest BCUT2D eigenvalue weighted by Crippen LogP contribution is -2.45. The molecule has 3 rings (SSSR count). The number of hydrogen-bond acceptors (Lipinski definition) is 6. The number of carbonyl (C=O) groups excluding carboxylic acids is 2. The van der Waals surface area contributed by atoms with Crippen LogP contribution in [0.3, 0.4) is 0 Å². The Morgan fingerprint density at radius 2 is 1.84 bits per heavy atom. The van der Waals surface area contributed by atoms with Crippen LogP contribution in [-0.4, -0.2) is 52.7 Å². The number of piperazine rings is 1. The molecule has 2 amide bonds. The minimum Gasteiger partial charge on any atom is -0.439 e. The van der Waals surface area contributed by atoms with Crippen LogP contribution >= 0.6 is 12.8 Å². The molecule has 0 unspecified atom stereocenters. The first-order chi connectivity index (χ1) is 12.2. The number of hydrogen-bond donors (Lipinski definition) is 2. The van der Waals surface area contributed by atoms with Crippen molar-refractivity contribution in [1.29, 1.82) is 0 Å². The second-order valence-electron chi connectivity index (χ2n) is 5.52. The summed E-state index contributed by atoms with van der Waals surface area (Å²) in [5.41, 5.74) is 1.21. The van der Waals surface area contributed by atoms with E-state index in [2.05, 4.69) is 23.1 Å². The largest absolute Gasteiger partial charge is 0.439 e. The zero-order chi connectivity index (χ0) is 17.6. The van der Waals surface area contributed by atoms with E-state index in [0.717, 1.165) is 13.1 Å². The summed E-state index contributed by atoms with van der Waals surface area (Å²) in [5.74, 6) is 0.996. The van der Waals surface area contributed by atoms with Crippen molar-refractivity contribution in [2.75, 3.05) is 31.5 Å². The second kappa shape index (κ2) is 8.00. The lowest BCUT2D eigenvalue weighted by molar-refractivity contribution is -0.105. The van der Waals surface area contributed by atoms with Crippen LogP contribution in [0.1, 0.15) is 10.4 Å². The Hall–Kier alpha value is -2.58. The van der Waals surface area contributed by atoms with Gasteiger partial charge in [-0.3, -0.25) is 9.59 Å². The molecule has 8 heteroatoms. The molecule has 1 aliphatic rings. The highest BCUT2D eigenvalue weighted by Gasteiger charge is 2.20. The first kappa shape index (κ1) is 17.2. The molecule has 1 aliphatic heterocycles. The van der Waals surface area contributed by atoms with Crippen molar-refractivity contribution in [1.82, 2.24) is 14.2 Å². The molecule has 0 spiro atoms. The SMILES string of the molecule is O=CNc1ccc(Oc2ccc(C(=O)N3CCN(S)CC3)cc2)nc1. The molecule has 0 saturated carbocycles. The van der Waals surface area contributed by atoms with Gasteiger partial charge in [-0.1, -0.05) is 12.8 Å². The summed E-state index contributed by atoms with van der Waals surface area (Å²) in [6.45, 7) is 2.87. The fraction of sp³-hybridized carbons (Fsp3) is 0.235. The van der Waals surface area contributed by atoms with Crippen molar-refractivity contribution in [3.8, 4) is 11.6 Å². The third-order valence-electron chi connectivity index (χ3n) is 3.83. The Labute approximate surface area is 151 Å². The van der Waals surface area contributed by atoms with Gasteiger partial charge in [0, 0.05) is 37.8 Å². The number of amides is 2. The molecule has 1 aromatic heterocycles. The van der Waals surface area contributed by atoms with E-state index in [9.17, 15) is 9.59 Å². The van der Waals surface area contributed by atoms with E-state index in [-0.39, 0.29) is 5.91 Å². The smallest absolute Gasteiger partial charge is 0.253 e. The fourth-order valence-corrected chi connectivity index (χ4v) is 2.64. The van der Waals surface area contributed by atoms with E-state index < -0.39 is 0 Å². The van der Waals surface area contributed by atoms with Gasteiger partial charge in [0.25, 0.3) is 5.91 Å². The average molecular weight is 358 g/mol. The topological polar surface area (TPSA) is 74.8 Å². The third kappa shape index (κ3) is 4.49. The summed E-state index contributed by atoms with van der Waals surface area (Å²) < 4.78 is 7.54. The molecule has 7 nitrogen and oxygen atoms in total. The number of anilines is 1. The van der Waals surface area contributed by atoms with Crippen molar-refractivity contribution < 1.29 is 14.3 Å². The Morgan fingerprint density at radius 1 is 1.12 bits per heavy atom. The van der Waals surface area contributed by atoms with Crippen LogP contribution < -0.4 is 10.1 Å². The molecule has 1 N–H and O–H groups in total. The summed E-state index contributed by atoms with van der Waals surface area (Å²) in [4.78, 5) is 28.8. The summed E-state index contributed by atoms with van der Waals surface area (Å²) in [7, 11) is 0. The van der Waals surface area contributed by atoms with Crippen LogP contribution in [-0.2, 0) is 4.79 Å². The molecule has 0 aliphatic carbocycles. The van der Waals surface area contributed by atoms with Gasteiger partial charge < -0.3 is 15.0 Å². The first-order valence-electron chi connectivity index (χ1n) is 7.83. The standard InChI is InChI=1S/C17H18N4O3S/c22-12-19-14-3-6-16(18-11-14)24-15-4-1-13(2-5-15)17(23)20-7-9-21(25)10-8-20/h1-6,11-12,25H,7-10H2,(H,19,22). The zero-order valence-electron chi connectivity index (χ0n) is 13.5. The van der Waals surface area contributed by atoms with Gasteiger partial charge in [0.15, 0.2) is 0 Å². The van der Waals surface area contributed by atoms with Crippen LogP contribution in [0.2, 0.25) is 0 Å². The van der Waals surface area contributed by atoms with Gasteiger partial charge in [-0.25, -0.2) is 9.29 Å². The van der Waals surface area contributed by atoms with Gasteiger partial charge >= 0.3 is 0 Å². The molecule has 1 saturated heterocycles. The molecule has 2 aromatic rings. The van der Waals surface area contributed by atoms with Crippen LogP contribution in [0.25, 0.3) is 0 Å². The third-order valence-corrected chi connectivity index (χ3v) is 4.23. The molecular formula is C17H18N4O3S. The van der Waals surface area contributed by atoms with E-state index in [4.69, 9.17) is 4.74 Å². The minimum absolute atomic E-state index is 0.00963. The minimum atomic E-state index is 0.00963. The fourth-order valence-electron chi connectivity index (χ4n) is 2.46. The number of thiol groups is 1. The Morgan fingerprint density at radius 3 is 2.44 bits per heavy atom. The predicted molar refractivity (Wildman–Crippen MR) is 96.9 cm³/mol. The van der Waals surface area contributed by atoms with E-state index in [1.807, 2.05) is 9.21 Å². The molecule has 1 fully saturated rings. The van der Waals surface area contributed by atoms with Crippen molar-refractivity contribution in [3.05, 3.63) is 48.2 Å². The van der Waals surface area contributed by atoms with Crippen LogP contribution in [0.15, 0.2) is 42.6 Å². The van der Waals surface area contributed by atoms with E-state index in [1.165, 1.54) is 6.20 Å². The maximum Gasteiger partial charge on any atom is 0.253 e. The van der Waals surface area contributed by atoms with Crippen molar-refractivity contribution in [3.63, 3.8) is 0 Å². The Kier molecular flexibility index (Phi) is 5.52. The number of nitrogens with one attached hydrogen (secondary N) is 1. The van der Waals surface area contributed by atoms with Gasteiger partial charge in [-0.2, -0.15) is 0 Å². The van der Waals surface area contributed by atoms with Gasteiger partial charge in [-0.05, 0) is 30.3 Å². The maximum absolute atomic E-state index is 12.5. The van der Waals surface area contributed by atoms with E-state index >= 15 is 0 Å². The number of benzene rings is 1. The zero-order valence-corrected chi connectivity index (χ0v) is 14.4. The van der Waals surface area contributed by atoms with Gasteiger partial charge in [-0.15, -0.1) is 0 Å². The molecule has 0 radical (unpaired) electrons. The van der Waals surface area contributed by atoms with Crippen LogP contribution in [0.5, 0.6) is 11.6 Å². The molecule has 1 aromatic carbocycles. The van der Waals surface area contributed by atoms with Gasteiger partial charge in [0.2, 0.25) is 12.3 Å². The Bertz CT molecular complexity index is 729. The van der Waals surface area contributed by atoms with Crippen LogP contribution in [0, 0.1) is 0 Å². The second-order valence-corrected chi connectivity index (χ2v) is 6.09. The summed E-state index contributed by atoms with van der Waals surface area (Å²) in [6, 6.07) is 10.3.